The summed E-state index contributed by atoms with van der Waals surface area (Å²) in [6, 6.07) is 27.7. The Kier molecular flexibility index (Phi) is 11.8. The molecule has 58 heavy (non-hydrogen) atoms. The van der Waals surface area contributed by atoms with E-state index in [-0.39, 0.29) is 43.7 Å². The lowest BCUT2D eigenvalue weighted by molar-refractivity contribution is -0.139. The van der Waals surface area contributed by atoms with Crippen molar-refractivity contribution in [1.29, 1.82) is 0 Å². The molecule has 0 unspecified atom stereocenters. The Morgan fingerprint density at radius 1 is 0.879 bits per heavy atom. The van der Waals surface area contributed by atoms with E-state index >= 15 is 0 Å². The summed E-state index contributed by atoms with van der Waals surface area (Å²) in [5.41, 5.74) is 7.11. The van der Waals surface area contributed by atoms with Crippen LogP contribution in [0.2, 0.25) is 0 Å². The first-order chi connectivity index (χ1) is 27.9. The summed E-state index contributed by atoms with van der Waals surface area (Å²) in [4.78, 5) is 56.7. The van der Waals surface area contributed by atoms with Gasteiger partial charge in [0.05, 0.1) is 25.2 Å². The van der Waals surface area contributed by atoms with Crippen LogP contribution in [-0.2, 0) is 39.0 Å². The predicted molar refractivity (Wildman–Crippen MR) is 218 cm³/mol. The molecule has 0 spiro atoms. The fourth-order valence-electron chi connectivity index (χ4n) is 8.08. The molecule has 1 fully saturated rings. The molecule has 3 atom stereocenters. The molecular formula is C45H50N6O7. The number of aromatic nitrogens is 3. The van der Waals surface area contributed by atoms with Gasteiger partial charge in [-0.25, -0.2) is 14.3 Å². The molecule has 2 N–H and O–H groups in total. The highest BCUT2D eigenvalue weighted by molar-refractivity contribution is 5.93. The Balaban J connectivity index is 1.07. The quantitative estimate of drug-likeness (QED) is 0.139. The number of likely N-dealkylation sites (tertiary alicyclic amines) is 1. The number of nitrogens with zero attached hydrogens (tertiary/aromatic N) is 4. The van der Waals surface area contributed by atoms with Crippen molar-refractivity contribution in [3.05, 3.63) is 113 Å². The summed E-state index contributed by atoms with van der Waals surface area (Å²) >= 11 is 0. The predicted octanol–water partition coefficient (Wildman–Crippen LogP) is 6.37. The van der Waals surface area contributed by atoms with E-state index in [1.807, 2.05) is 85.9 Å². The van der Waals surface area contributed by atoms with E-state index in [0.717, 1.165) is 50.2 Å². The number of amides is 3. The number of fused-ring (bicyclic) bond motifs is 4. The number of hydrogen-bond donors (Lipinski definition) is 2. The molecule has 13 heteroatoms. The summed E-state index contributed by atoms with van der Waals surface area (Å²) in [6.45, 7) is 5.24. The molecule has 3 amide bonds. The van der Waals surface area contributed by atoms with Crippen molar-refractivity contribution < 1.29 is 33.4 Å². The highest BCUT2D eigenvalue weighted by Crippen LogP contribution is 2.44. The number of ether oxygens (including phenoxy) is 3. The second-order valence-electron chi connectivity index (χ2n) is 16.1. The number of nitrogens with one attached hydrogen (secondary N) is 2. The van der Waals surface area contributed by atoms with Gasteiger partial charge in [0, 0.05) is 25.9 Å². The van der Waals surface area contributed by atoms with Crippen LogP contribution in [0.15, 0.2) is 91.0 Å². The highest BCUT2D eigenvalue weighted by Gasteiger charge is 2.42. The van der Waals surface area contributed by atoms with Gasteiger partial charge in [0.1, 0.15) is 29.5 Å². The van der Waals surface area contributed by atoms with E-state index in [2.05, 4.69) is 33.1 Å². The van der Waals surface area contributed by atoms with Gasteiger partial charge in [0.15, 0.2) is 5.78 Å². The zero-order valence-electron chi connectivity index (χ0n) is 33.6. The van der Waals surface area contributed by atoms with Crippen LogP contribution in [0, 0.1) is 5.92 Å². The Hall–Kier alpha value is -6.24. The molecule has 1 aliphatic heterocycles. The molecule has 0 saturated carbocycles. The average Bonchev–Trinajstić information content (AvgIpc) is 3.90. The normalized spacial score (nSPS) is 16.7. The number of aryl methyl sites for hydroxylation is 2. The summed E-state index contributed by atoms with van der Waals surface area (Å²) in [5.74, 6) is -0.0529. The van der Waals surface area contributed by atoms with Crippen LogP contribution in [0.3, 0.4) is 0 Å². The summed E-state index contributed by atoms with van der Waals surface area (Å²) in [5, 5.41) is 13.7. The van der Waals surface area contributed by atoms with E-state index in [1.54, 1.807) is 37.5 Å². The molecule has 0 radical (unpaired) electrons. The second kappa shape index (κ2) is 17.1. The molecule has 5 aromatic rings. The molecule has 2 heterocycles. The van der Waals surface area contributed by atoms with Gasteiger partial charge >= 0.3 is 12.2 Å². The van der Waals surface area contributed by atoms with Gasteiger partial charge in [-0.3, -0.25) is 9.59 Å². The van der Waals surface area contributed by atoms with Gasteiger partial charge in [-0.1, -0.05) is 71.9 Å². The lowest BCUT2D eigenvalue weighted by Crippen LogP contribution is -2.56. The first-order valence-corrected chi connectivity index (χ1v) is 19.7. The molecule has 302 valence electrons. The monoisotopic (exact) mass is 786 g/mol. The highest BCUT2D eigenvalue weighted by atomic mass is 16.6. The molecule has 1 aromatic heterocycles. The van der Waals surface area contributed by atoms with E-state index in [4.69, 9.17) is 14.2 Å². The second-order valence-corrected chi connectivity index (χ2v) is 16.1. The maximum atomic E-state index is 14.6. The molecule has 1 saturated heterocycles. The average molecular weight is 787 g/mol. The number of rotatable bonds is 13. The lowest BCUT2D eigenvalue weighted by Gasteiger charge is -2.29. The number of hydrogen-bond acceptors (Lipinski definition) is 9. The molecule has 2 aliphatic rings. The number of carbonyl (C=O) groups excluding carboxylic acids is 4. The summed E-state index contributed by atoms with van der Waals surface area (Å²) in [7, 11) is 3.44. The standard InChI is InChI=1S/C45H50N6O7/c1-45(2,3)58-44(55)47-38(25-46-43(54)57-27-36-34-12-8-6-10-32(34)33-11-7-9-13-35(33)36)42(53)51-26-30(22-28-14-18-31(56-5)19-15-28)24-40(51)41(52)21-17-29-16-20-39-37(23-29)48-49-50(39)4/h6-16,18-20,23,30,36,38,40H,17,21-22,24-27H2,1-5H3,(H,46,54)(H,47,55)/t30-,38-,40+/m1/s1. The van der Waals surface area contributed by atoms with Gasteiger partial charge in [0.25, 0.3) is 0 Å². The molecule has 1 aliphatic carbocycles. The van der Waals surface area contributed by atoms with Crippen LogP contribution in [0.25, 0.3) is 22.2 Å². The minimum Gasteiger partial charge on any atom is -0.497 e. The van der Waals surface area contributed by atoms with E-state index in [0.29, 0.717) is 19.3 Å². The van der Waals surface area contributed by atoms with Crippen molar-refractivity contribution in [2.24, 2.45) is 13.0 Å². The number of ketones is 1. The van der Waals surface area contributed by atoms with Crippen LogP contribution in [0.5, 0.6) is 5.75 Å². The Morgan fingerprint density at radius 3 is 2.22 bits per heavy atom. The number of carbonyl (C=O) groups is 4. The fraction of sp³-hybridized carbons (Fsp3) is 0.378. The van der Waals surface area contributed by atoms with E-state index < -0.39 is 35.8 Å². The first kappa shape index (κ1) is 40.0. The van der Waals surface area contributed by atoms with Crippen molar-refractivity contribution in [1.82, 2.24) is 30.5 Å². The van der Waals surface area contributed by atoms with Gasteiger partial charge < -0.3 is 29.7 Å². The fourth-order valence-corrected chi connectivity index (χ4v) is 8.08. The maximum Gasteiger partial charge on any atom is 0.408 e. The molecule has 13 nitrogen and oxygen atoms in total. The van der Waals surface area contributed by atoms with Crippen molar-refractivity contribution >= 4 is 34.9 Å². The lowest BCUT2D eigenvalue weighted by atomic mass is 9.94. The zero-order valence-corrected chi connectivity index (χ0v) is 33.6. The van der Waals surface area contributed by atoms with Crippen molar-refractivity contribution in [2.75, 3.05) is 26.8 Å². The Bertz CT molecular complexity index is 2250. The van der Waals surface area contributed by atoms with E-state index in [9.17, 15) is 19.2 Å². The smallest absolute Gasteiger partial charge is 0.408 e. The van der Waals surface area contributed by atoms with Gasteiger partial charge in [-0.15, -0.1) is 5.10 Å². The number of Topliss-reactive ketones (excluding diaryl/α,β-unsaturated/α-hetero) is 1. The molecule has 0 bridgehead atoms. The van der Waals surface area contributed by atoms with E-state index in [1.165, 1.54) is 0 Å². The molecule has 4 aromatic carbocycles. The third kappa shape index (κ3) is 9.14. The van der Waals surface area contributed by atoms with Gasteiger partial charge in [-0.2, -0.15) is 0 Å². The Morgan fingerprint density at radius 2 is 1.55 bits per heavy atom. The number of alkyl carbamates (subject to hydrolysis) is 2. The van der Waals surface area contributed by atoms with Crippen LogP contribution in [0.1, 0.15) is 61.8 Å². The van der Waals surface area contributed by atoms with Crippen LogP contribution in [0.4, 0.5) is 9.59 Å². The summed E-state index contributed by atoms with van der Waals surface area (Å²) in [6.07, 6.45) is 0.156. The first-order valence-electron chi connectivity index (χ1n) is 19.7. The van der Waals surface area contributed by atoms with Crippen LogP contribution < -0.4 is 15.4 Å². The largest absolute Gasteiger partial charge is 0.497 e. The van der Waals surface area contributed by atoms with Crippen LogP contribution in [-0.4, -0.2) is 88.3 Å². The third-order valence-corrected chi connectivity index (χ3v) is 10.8. The van der Waals surface area contributed by atoms with Crippen molar-refractivity contribution in [2.45, 2.75) is 70.1 Å². The third-order valence-electron chi connectivity index (χ3n) is 10.8. The number of benzene rings is 4. The minimum atomic E-state index is -1.25. The van der Waals surface area contributed by atoms with Crippen LogP contribution >= 0.6 is 0 Å². The summed E-state index contributed by atoms with van der Waals surface area (Å²) < 4.78 is 18.3. The zero-order chi connectivity index (χ0) is 41.0. The van der Waals surface area contributed by atoms with Crippen molar-refractivity contribution in [3.8, 4) is 16.9 Å². The van der Waals surface area contributed by atoms with Gasteiger partial charge in [-0.05, 0) is 104 Å². The Labute approximate surface area is 338 Å². The molecule has 7 rings (SSSR count). The minimum absolute atomic E-state index is 0.0421. The number of methoxy groups -OCH3 is 1. The topological polar surface area (TPSA) is 154 Å². The maximum absolute atomic E-state index is 14.6. The SMILES string of the molecule is COc1ccc(C[C@@H]2C[C@@H](C(=O)CCc3ccc4c(c3)nnn4C)N(C(=O)[C@@H](CNC(=O)OCC3c4ccccc4-c4ccccc43)NC(=O)OC(C)(C)C)C2)cc1. The van der Waals surface area contributed by atoms with Gasteiger partial charge in [0.2, 0.25) is 5.91 Å². The molecular weight excluding hydrogens is 737 g/mol. The van der Waals surface area contributed by atoms with Crippen molar-refractivity contribution in [3.63, 3.8) is 0 Å².